The van der Waals surface area contributed by atoms with E-state index in [4.69, 9.17) is 4.74 Å². The number of nitrogens with one attached hydrogen (secondary N) is 1. The number of rotatable bonds is 9. The van der Waals surface area contributed by atoms with Crippen molar-refractivity contribution in [3.63, 3.8) is 0 Å². The van der Waals surface area contributed by atoms with Crippen LogP contribution in [0.4, 0.5) is 5.69 Å². The highest BCUT2D eigenvalue weighted by Crippen LogP contribution is 2.26. The van der Waals surface area contributed by atoms with E-state index in [2.05, 4.69) is 15.5 Å². The van der Waals surface area contributed by atoms with Gasteiger partial charge in [0.15, 0.2) is 0 Å². The molecule has 2 aromatic carbocycles. The lowest BCUT2D eigenvalue weighted by Gasteiger charge is -2.24. The van der Waals surface area contributed by atoms with Crippen molar-refractivity contribution in [1.29, 1.82) is 0 Å². The molecule has 0 saturated carbocycles. The van der Waals surface area contributed by atoms with Gasteiger partial charge in [-0.1, -0.05) is 17.7 Å². The van der Waals surface area contributed by atoms with Crippen LogP contribution in [0, 0.1) is 6.92 Å². The Labute approximate surface area is 187 Å². The van der Waals surface area contributed by atoms with Gasteiger partial charge in [-0.15, -0.1) is 0 Å². The first-order chi connectivity index (χ1) is 15.4. The fourth-order valence-electron chi connectivity index (χ4n) is 2.82. The van der Waals surface area contributed by atoms with E-state index in [-0.39, 0.29) is 4.90 Å². The minimum Gasteiger partial charge on any atom is -0.494 e. The number of hydrogen-bond acceptors (Lipinski definition) is 6. The third-order valence-corrected chi connectivity index (χ3v) is 6.23. The first-order valence-corrected chi connectivity index (χ1v) is 11.4. The predicted octanol–water partition coefficient (Wildman–Crippen LogP) is 3.13. The maximum Gasteiger partial charge on any atom is 0.264 e. The summed E-state index contributed by atoms with van der Waals surface area (Å²) in [6.07, 6.45) is 4.66. The molecule has 1 amide bonds. The third-order valence-electron chi connectivity index (χ3n) is 4.44. The molecule has 0 fully saturated rings. The van der Waals surface area contributed by atoms with Gasteiger partial charge >= 0.3 is 0 Å². The monoisotopic (exact) mass is 452 g/mol. The number of aryl methyl sites for hydroxylation is 1. The maximum atomic E-state index is 13.4. The smallest absolute Gasteiger partial charge is 0.264 e. The molecule has 1 heterocycles. The predicted molar refractivity (Wildman–Crippen MR) is 123 cm³/mol. The van der Waals surface area contributed by atoms with Gasteiger partial charge in [-0.25, -0.2) is 13.8 Å². The van der Waals surface area contributed by atoms with E-state index in [9.17, 15) is 13.2 Å². The topological polar surface area (TPSA) is 101 Å². The number of hydrogen-bond donors (Lipinski definition) is 1. The summed E-state index contributed by atoms with van der Waals surface area (Å²) in [6, 6.07) is 16.4. The summed E-state index contributed by atoms with van der Waals surface area (Å²) in [5.41, 5.74) is 4.39. The van der Waals surface area contributed by atoms with Crippen molar-refractivity contribution in [2.75, 3.05) is 17.5 Å². The number of ether oxygens (including phenoxy) is 1. The maximum absolute atomic E-state index is 13.4. The Morgan fingerprint density at radius 1 is 1.06 bits per heavy atom. The second-order valence-corrected chi connectivity index (χ2v) is 8.69. The summed E-state index contributed by atoms with van der Waals surface area (Å²) in [7, 11) is -4.00. The number of carbonyl (C=O) groups is 1. The van der Waals surface area contributed by atoms with E-state index in [0.29, 0.717) is 18.0 Å². The molecule has 0 radical (unpaired) electrons. The van der Waals surface area contributed by atoms with Crippen molar-refractivity contribution >= 4 is 27.8 Å². The quantitative estimate of drug-likeness (QED) is 0.397. The Bertz CT molecular complexity index is 1160. The van der Waals surface area contributed by atoms with Crippen molar-refractivity contribution < 1.29 is 17.9 Å². The normalized spacial score (nSPS) is 11.3. The number of anilines is 1. The van der Waals surface area contributed by atoms with Gasteiger partial charge in [-0.3, -0.25) is 14.1 Å². The van der Waals surface area contributed by atoms with Crippen LogP contribution in [0.5, 0.6) is 5.75 Å². The van der Waals surface area contributed by atoms with Gasteiger partial charge in [-0.05, 0) is 67.9 Å². The minimum absolute atomic E-state index is 0.0880. The highest BCUT2D eigenvalue weighted by atomic mass is 32.2. The van der Waals surface area contributed by atoms with E-state index >= 15 is 0 Å². The molecule has 9 heteroatoms. The molecule has 0 spiro atoms. The van der Waals surface area contributed by atoms with E-state index in [1.807, 2.05) is 13.8 Å². The number of sulfonamides is 1. The largest absolute Gasteiger partial charge is 0.494 e. The molecule has 166 valence electrons. The van der Waals surface area contributed by atoms with Crippen LogP contribution in [0.1, 0.15) is 18.1 Å². The summed E-state index contributed by atoms with van der Waals surface area (Å²) in [4.78, 5) is 16.5. The zero-order valence-electron chi connectivity index (χ0n) is 17.8. The molecule has 0 bridgehead atoms. The summed E-state index contributed by atoms with van der Waals surface area (Å²) in [5.74, 6) is 0.0233. The van der Waals surface area contributed by atoms with Crippen LogP contribution in [0.25, 0.3) is 0 Å². The molecule has 1 N–H and O–H groups in total. The summed E-state index contributed by atoms with van der Waals surface area (Å²) in [6.45, 7) is 3.77. The van der Waals surface area contributed by atoms with Crippen LogP contribution in [0.3, 0.4) is 0 Å². The number of amides is 1. The van der Waals surface area contributed by atoms with Crippen molar-refractivity contribution in [1.82, 2.24) is 10.4 Å². The molecule has 1 aromatic heterocycles. The number of benzene rings is 2. The molecular weight excluding hydrogens is 428 g/mol. The summed E-state index contributed by atoms with van der Waals surface area (Å²) in [5, 5.41) is 3.90. The Balaban J connectivity index is 1.85. The average Bonchev–Trinajstić information content (AvgIpc) is 2.79. The van der Waals surface area contributed by atoms with Crippen LogP contribution in [-0.2, 0) is 14.8 Å². The van der Waals surface area contributed by atoms with Crippen LogP contribution < -0.4 is 14.5 Å². The third kappa shape index (κ3) is 5.92. The zero-order chi connectivity index (χ0) is 23.0. The van der Waals surface area contributed by atoms with Crippen LogP contribution in [-0.4, -0.2) is 38.7 Å². The van der Waals surface area contributed by atoms with Crippen molar-refractivity contribution in [2.24, 2.45) is 5.10 Å². The lowest BCUT2D eigenvalue weighted by atomic mass is 10.2. The lowest BCUT2D eigenvalue weighted by molar-refractivity contribution is -0.119. The second kappa shape index (κ2) is 10.5. The van der Waals surface area contributed by atoms with Crippen molar-refractivity contribution in [2.45, 2.75) is 18.7 Å². The van der Waals surface area contributed by atoms with Gasteiger partial charge in [-0.2, -0.15) is 5.10 Å². The standard InChI is InChI=1S/C23H24N4O4S/c1-3-31-21-8-6-20(7-9-21)27(32(29,30)22-10-4-18(2)5-11-22)17-23(28)26-25-16-19-12-14-24-15-13-19/h4-16H,3,17H2,1-2H3,(H,26,28)/b25-16+. The molecule has 0 atom stereocenters. The molecule has 8 nitrogen and oxygen atoms in total. The Hall–Kier alpha value is -3.72. The number of pyridine rings is 1. The van der Waals surface area contributed by atoms with Gasteiger partial charge in [0, 0.05) is 12.4 Å². The van der Waals surface area contributed by atoms with Crippen LogP contribution >= 0.6 is 0 Å². The number of nitrogens with zero attached hydrogens (tertiary/aromatic N) is 3. The Morgan fingerprint density at radius 3 is 2.34 bits per heavy atom. The van der Waals surface area contributed by atoms with Gasteiger partial charge in [0.25, 0.3) is 15.9 Å². The van der Waals surface area contributed by atoms with Crippen LogP contribution in [0.2, 0.25) is 0 Å². The Kier molecular flexibility index (Phi) is 7.56. The molecule has 0 aliphatic carbocycles. The van der Waals surface area contributed by atoms with E-state index < -0.39 is 22.5 Å². The number of hydrazone groups is 1. The molecule has 0 aliphatic rings. The van der Waals surface area contributed by atoms with E-state index in [1.54, 1.807) is 60.9 Å². The molecule has 3 rings (SSSR count). The Morgan fingerprint density at radius 2 is 1.72 bits per heavy atom. The van der Waals surface area contributed by atoms with Gasteiger partial charge < -0.3 is 4.74 Å². The highest BCUT2D eigenvalue weighted by molar-refractivity contribution is 7.92. The molecule has 32 heavy (non-hydrogen) atoms. The van der Waals surface area contributed by atoms with Crippen molar-refractivity contribution in [3.05, 3.63) is 84.2 Å². The molecule has 0 saturated heterocycles. The highest BCUT2D eigenvalue weighted by Gasteiger charge is 2.27. The molecule has 0 unspecified atom stereocenters. The first kappa shape index (κ1) is 23.0. The zero-order valence-corrected chi connectivity index (χ0v) is 18.6. The molecule has 0 aliphatic heterocycles. The minimum atomic E-state index is -4.00. The van der Waals surface area contributed by atoms with Crippen LogP contribution in [0.15, 0.2) is 83.1 Å². The van der Waals surface area contributed by atoms with E-state index in [1.165, 1.54) is 18.3 Å². The first-order valence-electron chi connectivity index (χ1n) is 9.94. The molecular formula is C23H24N4O4S. The van der Waals surface area contributed by atoms with E-state index in [0.717, 1.165) is 15.4 Å². The number of carbonyl (C=O) groups excluding carboxylic acids is 1. The lowest BCUT2D eigenvalue weighted by Crippen LogP contribution is -2.39. The fourth-order valence-corrected chi connectivity index (χ4v) is 4.24. The second-order valence-electron chi connectivity index (χ2n) is 6.83. The van der Waals surface area contributed by atoms with Gasteiger partial charge in [0.1, 0.15) is 12.3 Å². The van der Waals surface area contributed by atoms with Crippen molar-refractivity contribution in [3.8, 4) is 5.75 Å². The summed E-state index contributed by atoms with van der Waals surface area (Å²) < 4.78 is 33.2. The SMILES string of the molecule is CCOc1ccc(N(CC(=O)N/N=C/c2ccncc2)S(=O)(=O)c2ccc(C)cc2)cc1. The fraction of sp³-hybridized carbons (Fsp3) is 0.174. The van der Waals surface area contributed by atoms with Gasteiger partial charge in [0.05, 0.1) is 23.4 Å². The average molecular weight is 453 g/mol. The molecule has 3 aromatic rings. The summed E-state index contributed by atoms with van der Waals surface area (Å²) >= 11 is 0. The number of aromatic nitrogens is 1. The van der Waals surface area contributed by atoms with Gasteiger partial charge in [0.2, 0.25) is 0 Å².